The quantitative estimate of drug-likeness (QED) is 0.0358. The van der Waals surface area contributed by atoms with E-state index in [-0.39, 0.29) is 12.8 Å². The molecule has 0 aromatic rings. The number of carbonyl (C=O) groups is 2. The van der Waals surface area contributed by atoms with Gasteiger partial charge in [-0.25, -0.2) is 0 Å². The predicted molar refractivity (Wildman–Crippen MR) is 184 cm³/mol. The Hall–Kier alpha value is -1.18. The molecule has 7 nitrogen and oxygen atoms in total. The number of unbranched alkanes of at least 4 members (excludes halogenated alkanes) is 28. The molecule has 0 aliphatic rings. The Morgan fingerprint density at radius 1 is 0.400 bits per heavy atom. The van der Waals surface area contributed by atoms with Crippen LogP contribution in [0, 0.1) is 0 Å². The zero-order chi connectivity index (χ0) is 33.3. The Bertz CT molecular complexity index is 599. The van der Waals surface area contributed by atoms with E-state index < -0.39 is 24.2 Å². The summed E-state index contributed by atoms with van der Waals surface area (Å²) in [5.41, 5.74) is 0. The van der Waals surface area contributed by atoms with Crippen molar-refractivity contribution < 1.29 is 34.4 Å². The van der Waals surface area contributed by atoms with Gasteiger partial charge >= 0.3 is 24.2 Å². The lowest BCUT2D eigenvalue weighted by Crippen LogP contribution is -2.47. The predicted octanol–water partition coefficient (Wildman–Crippen LogP) is 10.6. The van der Waals surface area contributed by atoms with Crippen LogP contribution in [0.5, 0.6) is 0 Å². The number of carbonyl (C=O) groups excluding carboxylic acids is 2. The highest BCUT2D eigenvalue weighted by atomic mass is 16.8. The molecular formula is C38H74O7. The van der Waals surface area contributed by atoms with Crippen LogP contribution in [0.4, 0.5) is 0 Å². The average Bonchev–Trinajstić information content (AvgIpc) is 3.00. The van der Waals surface area contributed by atoms with Crippen molar-refractivity contribution in [1.82, 2.24) is 0 Å². The summed E-state index contributed by atoms with van der Waals surface area (Å²) in [7, 11) is 0. The summed E-state index contributed by atoms with van der Waals surface area (Å²) >= 11 is 0. The van der Waals surface area contributed by atoms with Gasteiger partial charge in [-0.1, -0.05) is 194 Å². The van der Waals surface area contributed by atoms with E-state index in [0.29, 0.717) is 12.8 Å². The molecule has 0 aromatic heterocycles. The summed E-state index contributed by atoms with van der Waals surface area (Å²) in [5, 5.41) is 28.6. The van der Waals surface area contributed by atoms with Gasteiger partial charge in [-0.05, 0) is 12.8 Å². The molecule has 0 bridgehead atoms. The van der Waals surface area contributed by atoms with Crippen molar-refractivity contribution in [2.24, 2.45) is 0 Å². The maximum atomic E-state index is 12.2. The van der Waals surface area contributed by atoms with Crippen molar-refractivity contribution in [3.8, 4) is 0 Å². The lowest BCUT2D eigenvalue weighted by molar-refractivity contribution is -0.397. The Kier molecular flexibility index (Phi) is 31.9. The summed E-state index contributed by atoms with van der Waals surface area (Å²) < 4.78 is 9.80. The number of rotatable bonds is 35. The van der Waals surface area contributed by atoms with E-state index in [0.717, 1.165) is 38.5 Å². The van der Waals surface area contributed by atoms with Crippen LogP contribution < -0.4 is 0 Å². The van der Waals surface area contributed by atoms with E-state index in [1.165, 1.54) is 141 Å². The minimum atomic E-state index is -3.44. The average molecular weight is 643 g/mol. The van der Waals surface area contributed by atoms with Gasteiger partial charge in [0, 0.05) is 12.8 Å². The van der Waals surface area contributed by atoms with E-state index in [9.17, 15) is 24.9 Å². The van der Waals surface area contributed by atoms with Gasteiger partial charge in [0.2, 0.25) is 0 Å². The van der Waals surface area contributed by atoms with Gasteiger partial charge in [-0.2, -0.15) is 0 Å². The van der Waals surface area contributed by atoms with Crippen molar-refractivity contribution in [2.75, 3.05) is 0 Å². The third-order valence-electron chi connectivity index (χ3n) is 8.76. The maximum Gasteiger partial charge on any atom is 0.354 e. The van der Waals surface area contributed by atoms with Crippen LogP contribution in [0.15, 0.2) is 0 Å². The molecule has 268 valence electrons. The minimum absolute atomic E-state index is 0.0709. The molecule has 0 aliphatic carbocycles. The molecule has 0 rings (SSSR count). The normalized spacial score (nSPS) is 11.8. The van der Waals surface area contributed by atoms with Crippen molar-refractivity contribution in [3.05, 3.63) is 0 Å². The minimum Gasteiger partial charge on any atom is -0.417 e. The zero-order valence-corrected chi connectivity index (χ0v) is 29.7. The standard InChI is InChI=1S/C38H74O7/c1-3-5-7-9-11-13-15-17-19-21-23-25-27-29-31-33-35(39)44-37(38(41,42)43)45-36(40)34-32-30-28-26-24-22-20-18-16-14-12-10-8-6-4-2/h37,41-43H,3-34H2,1-2H3. The van der Waals surface area contributed by atoms with Crippen LogP contribution in [-0.4, -0.2) is 39.5 Å². The van der Waals surface area contributed by atoms with E-state index in [4.69, 9.17) is 9.47 Å². The first-order chi connectivity index (χ1) is 21.8. The van der Waals surface area contributed by atoms with Crippen molar-refractivity contribution >= 4 is 11.9 Å². The number of hydrogen-bond donors (Lipinski definition) is 3. The highest BCUT2D eigenvalue weighted by Gasteiger charge is 2.39. The van der Waals surface area contributed by atoms with Gasteiger partial charge in [-0.15, -0.1) is 0 Å². The molecule has 45 heavy (non-hydrogen) atoms. The maximum absolute atomic E-state index is 12.2. The highest BCUT2D eigenvalue weighted by molar-refractivity contribution is 5.71. The fraction of sp³-hybridized carbons (Fsp3) is 0.947. The molecule has 0 aliphatic heterocycles. The van der Waals surface area contributed by atoms with Crippen molar-refractivity contribution in [1.29, 1.82) is 0 Å². The van der Waals surface area contributed by atoms with Gasteiger partial charge < -0.3 is 24.8 Å². The third-order valence-corrected chi connectivity index (χ3v) is 8.76. The molecule has 0 saturated carbocycles. The molecule has 7 heteroatoms. The molecular weight excluding hydrogens is 568 g/mol. The monoisotopic (exact) mass is 643 g/mol. The van der Waals surface area contributed by atoms with Crippen LogP contribution >= 0.6 is 0 Å². The van der Waals surface area contributed by atoms with E-state index >= 15 is 0 Å². The molecule has 0 unspecified atom stereocenters. The second kappa shape index (κ2) is 32.7. The molecule has 0 fully saturated rings. The summed E-state index contributed by atoms with van der Waals surface area (Å²) in [6.07, 6.45) is 34.5. The van der Waals surface area contributed by atoms with E-state index in [2.05, 4.69) is 13.8 Å². The molecule has 3 N–H and O–H groups in total. The van der Waals surface area contributed by atoms with Crippen LogP contribution in [0.2, 0.25) is 0 Å². The topological polar surface area (TPSA) is 113 Å². The second-order valence-corrected chi connectivity index (χ2v) is 13.4. The summed E-state index contributed by atoms with van der Waals surface area (Å²) in [4.78, 5) is 24.4. The molecule has 0 saturated heterocycles. The Balaban J connectivity index is 3.74. The first-order valence-corrected chi connectivity index (χ1v) is 19.4. The molecule has 0 spiro atoms. The van der Waals surface area contributed by atoms with Gasteiger partial charge in [-0.3, -0.25) is 9.59 Å². The van der Waals surface area contributed by atoms with Gasteiger partial charge in [0.1, 0.15) is 0 Å². The lowest BCUT2D eigenvalue weighted by atomic mass is 10.0. The molecule has 0 amide bonds. The summed E-state index contributed by atoms with van der Waals surface area (Å²) in [6.45, 7) is 4.51. The molecule has 0 radical (unpaired) electrons. The van der Waals surface area contributed by atoms with Crippen LogP contribution in [-0.2, 0) is 19.1 Å². The van der Waals surface area contributed by atoms with Gasteiger partial charge in [0.15, 0.2) is 0 Å². The Morgan fingerprint density at radius 2 is 0.600 bits per heavy atom. The zero-order valence-electron chi connectivity index (χ0n) is 29.7. The first-order valence-electron chi connectivity index (χ1n) is 19.4. The van der Waals surface area contributed by atoms with Crippen molar-refractivity contribution in [3.63, 3.8) is 0 Å². The largest absolute Gasteiger partial charge is 0.417 e. The molecule has 0 heterocycles. The second-order valence-electron chi connectivity index (χ2n) is 13.4. The lowest BCUT2D eigenvalue weighted by Gasteiger charge is -2.25. The summed E-state index contributed by atoms with van der Waals surface area (Å²) in [5.74, 6) is -4.89. The van der Waals surface area contributed by atoms with Crippen molar-refractivity contribution in [2.45, 2.75) is 232 Å². The highest BCUT2D eigenvalue weighted by Crippen LogP contribution is 2.17. The SMILES string of the molecule is CCCCCCCCCCCCCCCCCC(=O)OC(OC(=O)CCCCCCCCCCCCCCCCC)C(O)(O)O. The van der Waals surface area contributed by atoms with Gasteiger partial charge in [0.25, 0.3) is 0 Å². The molecule has 0 atom stereocenters. The van der Waals surface area contributed by atoms with Gasteiger partial charge in [0.05, 0.1) is 0 Å². The Labute approximate surface area is 277 Å². The Morgan fingerprint density at radius 3 is 0.800 bits per heavy atom. The van der Waals surface area contributed by atoms with Crippen LogP contribution in [0.1, 0.15) is 219 Å². The van der Waals surface area contributed by atoms with E-state index in [1.807, 2.05) is 0 Å². The fourth-order valence-electron chi connectivity index (χ4n) is 5.82. The number of hydrogen-bond acceptors (Lipinski definition) is 7. The molecule has 0 aromatic carbocycles. The fourth-order valence-corrected chi connectivity index (χ4v) is 5.82. The first kappa shape index (κ1) is 43.8. The van der Waals surface area contributed by atoms with Crippen LogP contribution in [0.25, 0.3) is 0 Å². The summed E-state index contributed by atoms with van der Waals surface area (Å²) in [6, 6.07) is 0. The van der Waals surface area contributed by atoms with Crippen LogP contribution in [0.3, 0.4) is 0 Å². The number of ether oxygens (including phenoxy) is 2. The third kappa shape index (κ3) is 32.5. The number of aliphatic hydroxyl groups is 3. The number of esters is 2. The van der Waals surface area contributed by atoms with E-state index in [1.54, 1.807) is 0 Å². The smallest absolute Gasteiger partial charge is 0.354 e.